The molecule has 16 nitrogen and oxygen atoms in total. The Bertz CT molecular complexity index is 1430. The van der Waals surface area contributed by atoms with Crippen molar-refractivity contribution in [2.45, 2.75) is 16.4 Å². The molecule has 0 bridgehead atoms. The molecule has 2 aliphatic rings. The number of nitrogens with two attached hydrogens (primary N) is 3. The molecule has 2 amide bonds. The molecule has 4 rings (SSSR count). The average molecular weight is 596 g/mol. The van der Waals surface area contributed by atoms with E-state index >= 15 is 0 Å². The Kier molecular flexibility index (Phi) is 8.11. The second kappa shape index (κ2) is 11.3. The summed E-state index contributed by atoms with van der Waals surface area (Å²) in [6.45, 7) is -0.817. The van der Waals surface area contributed by atoms with Gasteiger partial charge in [-0.25, -0.2) is 14.3 Å². The van der Waals surface area contributed by atoms with E-state index in [9.17, 15) is 24.3 Å². The third-order valence-electron chi connectivity index (χ3n) is 5.43. The maximum absolute atomic E-state index is 13.0. The first-order valence-electron chi connectivity index (χ1n) is 10.8. The molecule has 4 heterocycles. The molecule has 2 aromatic heterocycles. The van der Waals surface area contributed by atoms with E-state index in [-0.39, 0.29) is 39.8 Å². The first-order chi connectivity index (χ1) is 18.5. The maximum atomic E-state index is 13.0. The van der Waals surface area contributed by atoms with Gasteiger partial charge in [-0.1, -0.05) is 21.9 Å². The molecule has 0 aromatic carbocycles. The van der Waals surface area contributed by atoms with Gasteiger partial charge in [0, 0.05) is 23.0 Å². The van der Waals surface area contributed by atoms with E-state index in [1.54, 1.807) is 17.7 Å². The second-order valence-electron chi connectivity index (χ2n) is 8.00. The van der Waals surface area contributed by atoms with Crippen molar-refractivity contribution in [1.82, 2.24) is 20.2 Å². The van der Waals surface area contributed by atoms with Crippen LogP contribution in [-0.4, -0.2) is 79.0 Å². The van der Waals surface area contributed by atoms with Gasteiger partial charge in [-0.2, -0.15) is 0 Å². The molecule has 1 saturated heterocycles. The molecule has 206 valence electrons. The van der Waals surface area contributed by atoms with E-state index in [0.717, 1.165) is 16.2 Å². The van der Waals surface area contributed by atoms with Crippen molar-refractivity contribution < 1.29 is 38.8 Å². The van der Waals surface area contributed by atoms with Gasteiger partial charge in [0.2, 0.25) is 12.4 Å². The third kappa shape index (κ3) is 5.83. The van der Waals surface area contributed by atoms with Crippen molar-refractivity contribution in [1.29, 1.82) is 0 Å². The highest BCUT2D eigenvalue weighted by molar-refractivity contribution is 8.01. The van der Waals surface area contributed by atoms with Gasteiger partial charge in [0.15, 0.2) is 10.8 Å². The van der Waals surface area contributed by atoms with Crippen LogP contribution in [0, 0.1) is 0 Å². The second-order valence-corrected chi connectivity index (χ2v) is 11.0. The number of β-lactam (4-membered cyclic amide) rings is 1. The molecule has 2 atom stereocenters. The van der Waals surface area contributed by atoms with Crippen molar-refractivity contribution in [3.8, 4) is 0 Å². The Labute approximate surface area is 232 Å². The van der Waals surface area contributed by atoms with Gasteiger partial charge in [0.1, 0.15) is 22.1 Å². The van der Waals surface area contributed by atoms with Crippen LogP contribution in [0.1, 0.15) is 5.69 Å². The van der Waals surface area contributed by atoms with E-state index in [4.69, 9.17) is 27.1 Å². The lowest BCUT2D eigenvalue weighted by Crippen LogP contribution is -2.71. The highest BCUT2D eigenvalue weighted by Crippen LogP contribution is 2.41. The number of anilines is 3. The van der Waals surface area contributed by atoms with Crippen LogP contribution in [0.2, 0.25) is 0 Å². The number of aromatic nitrogens is 3. The monoisotopic (exact) mass is 595 g/mol. The van der Waals surface area contributed by atoms with E-state index in [1.807, 2.05) is 0 Å². The fraction of sp³-hybridized carbons (Fsp3) is 0.300. The summed E-state index contributed by atoms with van der Waals surface area (Å²) < 4.78 is 1.59. The lowest BCUT2D eigenvalue weighted by molar-refractivity contribution is -0.696. The number of carboxylic acid groups (broad SMARTS) is 2. The van der Waals surface area contributed by atoms with Crippen LogP contribution in [0.5, 0.6) is 0 Å². The van der Waals surface area contributed by atoms with E-state index in [2.05, 4.69) is 20.4 Å². The van der Waals surface area contributed by atoms with Crippen LogP contribution < -0.4 is 32.2 Å². The number of carbonyl (C=O) groups is 4. The summed E-state index contributed by atoms with van der Waals surface area (Å²) in [4.78, 5) is 62.5. The fourth-order valence-corrected chi connectivity index (χ4v) is 6.70. The van der Waals surface area contributed by atoms with Gasteiger partial charge in [-0.3, -0.25) is 20.2 Å². The van der Waals surface area contributed by atoms with Crippen LogP contribution >= 0.6 is 34.9 Å². The molecule has 0 radical (unpaired) electrons. The minimum atomic E-state index is -1.53. The minimum Gasteiger partial charge on any atom is -0.543 e. The molecule has 0 unspecified atom stereocenters. The standard InChI is InChI=1S/C20H21N9O7S3/c1-28-10(2-9(21)25-19(28)22)37-4-7-5-38-17-13(16(33)29(17)14(7)18(34)35)26-15(32)12(27-36-3-11(30)31)8-6-39-20(23)24-8/h2,6,13,17H,3-5H2,1H3,(H8,21,22,23,24,25,26,30,31,32,34,35)/b27-12-/t13-,17-/m1/s1. The predicted octanol–water partition coefficient (Wildman–Crippen LogP) is -2.89. The molecular weight excluding hydrogens is 574 g/mol. The van der Waals surface area contributed by atoms with Crippen LogP contribution in [0.15, 0.2) is 32.9 Å². The highest BCUT2D eigenvalue weighted by Gasteiger charge is 2.53. The summed E-state index contributed by atoms with van der Waals surface area (Å²) in [6, 6.07) is 0.499. The average Bonchev–Trinajstić information content (AvgIpc) is 3.30. The molecule has 1 fully saturated rings. The molecule has 2 aliphatic heterocycles. The van der Waals surface area contributed by atoms with E-state index < -0.39 is 47.5 Å². The Morgan fingerprint density at radius 2 is 2.10 bits per heavy atom. The smallest absolute Gasteiger partial charge is 0.392 e. The van der Waals surface area contributed by atoms with Gasteiger partial charge in [0.25, 0.3) is 11.8 Å². The topological polar surface area (TPSA) is 256 Å². The summed E-state index contributed by atoms with van der Waals surface area (Å²) >= 11 is 3.53. The molecule has 19 heteroatoms. The maximum Gasteiger partial charge on any atom is 0.392 e. The first kappa shape index (κ1) is 27.9. The van der Waals surface area contributed by atoms with Crippen LogP contribution in [0.25, 0.3) is 0 Å². The molecule has 0 aliphatic carbocycles. The summed E-state index contributed by atoms with van der Waals surface area (Å²) in [5, 5.41) is 28.3. The Morgan fingerprint density at radius 3 is 2.74 bits per heavy atom. The summed E-state index contributed by atoms with van der Waals surface area (Å²) in [6.07, 6.45) is 0. The summed E-state index contributed by atoms with van der Waals surface area (Å²) in [5.74, 6) is -3.59. The number of nitrogens with one attached hydrogen (secondary N) is 1. The largest absolute Gasteiger partial charge is 0.543 e. The number of rotatable bonds is 10. The lowest BCUT2D eigenvalue weighted by Gasteiger charge is -2.50. The van der Waals surface area contributed by atoms with Gasteiger partial charge in [-0.05, 0) is 5.57 Å². The van der Waals surface area contributed by atoms with E-state index in [1.165, 1.54) is 28.9 Å². The van der Waals surface area contributed by atoms with Crippen LogP contribution in [-0.2, 0) is 31.1 Å². The van der Waals surface area contributed by atoms with Crippen molar-refractivity contribution in [3.05, 3.63) is 28.4 Å². The fourth-order valence-electron chi connectivity index (χ4n) is 3.62. The summed E-state index contributed by atoms with van der Waals surface area (Å²) in [5.41, 5.74) is 17.0. The first-order valence-corrected chi connectivity index (χ1v) is 13.8. The van der Waals surface area contributed by atoms with Crippen molar-refractivity contribution in [2.75, 3.05) is 35.3 Å². The SMILES string of the molecule is C[n+]1c(SCC2=C(C(=O)[O-])N3C(=O)[C@@H](NC(=O)/C(=N\OCC(=O)O)c4csc(N)n4)[C@H]3SC2)cc(N)nc1N. The molecular formula is C20H21N9O7S3. The minimum absolute atomic E-state index is 0.0143. The molecule has 8 N–H and O–H groups in total. The van der Waals surface area contributed by atoms with Crippen molar-refractivity contribution in [2.24, 2.45) is 12.2 Å². The molecule has 2 aromatic rings. The predicted molar refractivity (Wildman–Crippen MR) is 139 cm³/mol. The highest BCUT2D eigenvalue weighted by atomic mass is 32.2. The molecule has 39 heavy (non-hydrogen) atoms. The quantitative estimate of drug-likeness (QED) is 0.0461. The molecule has 0 saturated carbocycles. The molecule has 0 spiro atoms. The number of aliphatic carboxylic acids is 2. The van der Waals surface area contributed by atoms with Gasteiger partial charge in [0.05, 0.1) is 18.7 Å². The number of carbonyl (C=O) groups excluding carboxylic acids is 3. The number of thioether (sulfide) groups is 2. The summed E-state index contributed by atoms with van der Waals surface area (Å²) in [7, 11) is 1.68. The van der Waals surface area contributed by atoms with E-state index in [0.29, 0.717) is 10.6 Å². The third-order valence-corrected chi connectivity index (χ3v) is 8.63. The number of hydrogen-bond acceptors (Lipinski definition) is 15. The Balaban J connectivity index is 1.51. The number of thiazole rings is 1. The zero-order valence-electron chi connectivity index (χ0n) is 20.0. The lowest BCUT2D eigenvalue weighted by atomic mass is 10.0. The zero-order chi connectivity index (χ0) is 28.4. The zero-order valence-corrected chi connectivity index (χ0v) is 22.5. The number of fused-ring (bicyclic) bond motifs is 1. The number of hydrogen-bond donors (Lipinski definition) is 5. The number of amides is 2. The Hall–Kier alpha value is -4.10. The van der Waals surface area contributed by atoms with Gasteiger partial charge in [-0.15, -0.1) is 23.1 Å². The van der Waals surface area contributed by atoms with Crippen molar-refractivity contribution in [3.63, 3.8) is 0 Å². The normalized spacial score (nSPS) is 18.8. The number of nitrogens with zero attached hydrogens (tertiary/aromatic N) is 5. The van der Waals surface area contributed by atoms with Crippen LogP contribution in [0.4, 0.5) is 16.9 Å². The van der Waals surface area contributed by atoms with Gasteiger partial charge < -0.3 is 36.6 Å². The number of carboxylic acids is 2. The number of oxime groups is 1. The van der Waals surface area contributed by atoms with Crippen LogP contribution in [0.3, 0.4) is 0 Å². The number of nitrogen functional groups attached to an aromatic ring is 3. The van der Waals surface area contributed by atoms with Crippen molar-refractivity contribution >= 4 is 81.2 Å². The Morgan fingerprint density at radius 1 is 1.36 bits per heavy atom. The van der Waals surface area contributed by atoms with Gasteiger partial charge >= 0.3 is 11.9 Å².